The van der Waals surface area contributed by atoms with Crippen molar-refractivity contribution >= 4 is 5.78 Å². The minimum absolute atomic E-state index is 0.0512. The predicted molar refractivity (Wildman–Crippen MR) is 62.3 cm³/mol. The van der Waals surface area contributed by atoms with Crippen LogP contribution in [-0.2, 0) is 11.2 Å². The normalized spacial score (nSPS) is 15.5. The van der Waals surface area contributed by atoms with Crippen molar-refractivity contribution in [3.63, 3.8) is 0 Å². The second-order valence-corrected chi connectivity index (χ2v) is 4.02. The third-order valence-electron chi connectivity index (χ3n) is 2.93. The highest BCUT2D eigenvalue weighted by atomic mass is 16.5. The maximum Gasteiger partial charge on any atom is 0.162 e. The van der Waals surface area contributed by atoms with E-state index in [1.54, 1.807) is 12.1 Å². The fraction of sp³-hybridized carbons (Fsp3) is 0.308. The summed E-state index contributed by atoms with van der Waals surface area (Å²) in [6.07, 6.45) is 0.999. The van der Waals surface area contributed by atoms with Crippen LogP contribution < -0.4 is 4.74 Å². The number of phenols is 1. The molecular formula is C13H14O4. The van der Waals surface area contributed by atoms with Crippen LogP contribution in [0.25, 0.3) is 0 Å². The highest BCUT2D eigenvalue weighted by Gasteiger charge is 2.23. The van der Waals surface area contributed by atoms with E-state index in [1.807, 2.05) is 0 Å². The van der Waals surface area contributed by atoms with Crippen molar-refractivity contribution in [3.05, 3.63) is 35.1 Å². The van der Waals surface area contributed by atoms with E-state index < -0.39 is 0 Å². The van der Waals surface area contributed by atoms with Gasteiger partial charge in [-0.3, -0.25) is 4.79 Å². The van der Waals surface area contributed by atoms with Gasteiger partial charge in [-0.1, -0.05) is 0 Å². The number of ketones is 1. The minimum Gasteiger partial charge on any atom is -0.512 e. The summed E-state index contributed by atoms with van der Waals surface area (Å²) in [6.45, 7) is 0. The maximum absolute atomic E-state index is 11.5. The summed E-state index contributed by atoms with van der Waals surface area (Å²) in [6, 6.07) is 4.83. The number of methoxy groups -OCH3 is 1. The zero-order valence-corrected chi connectivity index (χ0v) is 9.56. The lowest BCUT2D eigenvalue weighted by Crippen LogP contribution is -2.01. The first kappa shape index (κ1) is 11.5. The summed E-state index contributed by atoms with van der Waals surface area (Å²) in [7, 11) is 1.54. The Hall–Kier alpha value is -1.97. The van der Waals surface area contributed by atoms with E-state index in [4.69, 9.17) is 4.74 Å². The van der Waals surface area contributed by atoms with Gasteiger partial charge in [-0.2, -0.15) is 0 Å². The average Bonchev–Trinajstić information content (AvgIpc) is 2.63. The number of aliphatic hydroxyl groups excluding tert-OH is 1. The van der Waals surface area contributed by atoms with Crippen LogP contribution in [0.5, 0.6) is 11.5 Å². The molecule has 1 aromatic rings. The Balaban J connectivity index is 2.29. The molecule has 1 aliphatic carbocycles. The van der Waals surface area contributed by atoms with Crippen molar-refractivity contribution in [1.82, 2.24) is 0 Å². The van der Waals surface area contributed by atoms with Crippen LogP contribution >= 0.6 is 0 Å². The summed E-state index contributed by atoms with van der Waals surface area (Å²) in [4.78, 5) is 11.5. The van der Waals surface area contributed by atoms with Gasteiger partial charge in [0.2, 0.25) is 0 Å². The number of ether oxygens (including phenoxy) is 1. The molecule has 0 radical (unpaired) electrons. The van der Waals surface area contributed by atoms with E-state index in [0.717, 1.165) is 0 Å². The van der Waals surface area contributed by atoms with Crippen molar-refractivity contribution in [1.29, 1.82) is 0 Å². The Bertz CT molecular complexity index is 488. The standard InChI is InChI=1S/C13H14O4/c1-17-9-2-3-11(14)8(6-9)7-10-12(15)4-5-13(10)16/h2-3,6,14-15H,4-5,7H2,1H3. The summed E-state index contributed by atoms with van der Waals surface area (Å²) in [5.74, 6) is 0.802. The Morgan fingerprint density at radius 3 is 2.65 bits per heavy atom. The summed E-state index contributed by atoms with van der Waals surface area (Å²) >= 11 is 0. The maximum atomic E-state index is 11.5. The molecule has 0 saturated heterocycles. The van der Waals surface area contributed by atoms with Crippen molar-refractivity contribution in [2.24, 2.45) is 0 Å². The zero-order valence-electron chi connectivity index (χ0n) is 9.56. The molecule has 1 aromatic carbocycles. The predicted octanol–water partition coefficient (Wildman–Crippen LogP) is 2.12. The largest absolute Gasteiger partial charge is 0.512 e. The lowest BCUT2D eigenvalue weighted by Gasteiger charge is -2.07. The lowest BCUT2D eigenvalue weighted by atomic mass is 10.0. The van der Waals surface area contributed by atoms with Gasteiger partial charge in [0.15, 0.2) is 5.78 Å². The van der Waals surface area contributed by atoms with Crippen LogP contribution in [0.4, 0.5) is 0 Å². The van der Waals surface area contributed by atoms with Crippen LogP contribution in [0.3, 0.4) is 0 Å². The molecule has 0 spiro atoms. The van der Waals surface area contributed by atoms with Gasteiger partial charge in [0.05, 0.1) is 12.9 Å². The topological polar surface area (TPSA) is 66.8 Å². The quantitative estimate of drug-likeness (QED) is 0.840. The molecule has 2 rings (SSSR count). The number of aliphatic hydroxyl groups is 1. The Morgan fingerprint density at radius 2 is 2.06 bits per heavy atom. The van der Waals surface area contributed by atoms with Gasteiger partial charge in [0.1, 0.15) is 11.5 Å². The molecule has 0 aliphatic heterocycles. The molecule has 0 unspecified atom stereocenters. The first-order valence-corrected chi connectivity index (χ1v) is 5.42. The highest BCUT2D eigenvalue weighted by Crippen LogP contribution is 2.29. The van der Waals surface area contributed by atoms with E-state index in [-0.39, 0.29) is 23.7 Å². The average molecular weight is 234 g/mol. The third-order valence-corrected chi connectivity index (χ3v) is 2.93. The smallest absolute Gasteiger partial charge is 0.162 e. The molecule has 0 saturated carbocycles. The van der Waals surface area contributed by atoms with Crippen LogP contribution in [-0.4, -0.2) is 23.1 Å². The van der Waals surface area contributed by atoms with E-state index in [0.29, 0.717) is 29.7 Å². The van der Waals surface area contributed by atoms with Gasteiger partial charge < -0.3 is 14.9 Å². The first-order valence-electron chi connectivity index (χ1n) is 5.42. The van der Waals surface area contributed by atoms with E-state index in [9.17, 15) is 15.0 Å². The van der Waals surface area contributed by atoms with Crippen molar-refractivity contribution in [3.8, 4) is 11.5 Å². The highest BCUT2D eigenvalue weighted by molar-refractivity contribution is 5.98. The molecule has 0 atom stereocenters. The van der Waals surface area contributed by atoms with Gasteiger partial charge in [0, 0.05) is 30.4 Å². The number of aromatic hydroxyl groups is 1. The molecule has 4 heteroatoms. The number of hydrogen-bond donors (Lipinski definition) is 2. The molecule has 4 nitrogen and oxygen atoms in total. The molecule has 2 N–H and O–H groups in total. The van der Waals surface area contributed by atoms with E-state index in [1.165, 1.54) is 13.2 Å². The molecular weight excluding hydrogens is 220 g/mol. The van der Waals surface area contributed by atoms with Gasteiger partial charge in [-0.15, -0.1) is 0 Å². The minimum atomic E-state index is -0.0512. The van der Waals surface area contributed by atoms with Crippen molar-refractivity contribution < 1.29 is 19.7 Å². The summed E-state index contributed by atoms with van der Waals surface area (Å²) < 4.78 is 5.05. The van der Waals surface area contributed by atoms with E-state index in [2.05, 4.69) is 0 Å². The molecule has 17 heavy (non-hydrogen) atoms. The van der Waals surface area contributed by atoms with Crippen molar-refractivity contribution in [2.75, 3.05) is 7.11 Å². The van der Waals surface area contributed by atoms with Crippen molar-refractivity contribution in [2.45, 2.75) is 19.3 Å². The molecule has 90 valence electrons. The Morgan fingerprint density at radius 1 is 1.29 bits per heavy atom. The number of Topliss-reactive ketones (excluding diaryl/α,β-unsaturated/α-hetero) is 1. The number of benzene rings is 1. The number of carbonyl (C=O) groups is 1. The zero-order chi connectivity index (χ0) is 12.4. The second-order valence-electron chi connectivity index (χ2n) is 4.02. The van der Waals surface area contributed by atoms with Crippen LogP contribution in [0, 0.1) is 0 Å². The lowest BCUT2D eigenvalue weighted by molar-refractivity contribution is -0.115. The first-order chi connectivity index (χ1) is 8.11. The fourth-order valence-corrected chi connectivity index (χ4v) is 1.92. The molecule has 0 amide bonds. The number of hydrogen-bond acceptors (Lipinski definition) is 4. The van der Waals surface area contributed by atoms with Gasteiger partial charge >= 0.3 is 0 Å². The number of allylic oxidation sites excluding steroid dienone is 2. The van der Waals surface area contributed by atoms with E-state index >= 15 is 0 Å². The Kier molecular flexibility index (Phi) is 3.04. The van der Waals surface area contributed by atoms with Crippen LogP contribution in [0.15, 0.2) is 29.5 Å². The van der Waals surface area contributed by atoms with Gasteiger partial charge in [-0.25, -0.2) is 0 Å². The molecule has 1 aliphatic rings. The number of phenolic OH excluding ortho intramolecular Hbond substituents is 1. The number of rotatable bonds is 3. The molecule has 0 aromatic heterocycles. The van der Waals surface area contributed by atoms with Gasteiger partial charge in [-0.05, 0) is 18.2 Å². The van der Waals surface area contributed by atoms with Crippen LogP contribution in [0.1, 0.15) is 18.4 Å². The fourth-order valence-electron chi connectivity index (χ4n) is 1.92. The molecule has 0 heterocycles. The molecule has 0 bridgehead atoms. The SMILES string of the molecule is COc1ccc(O)c(CC2=C(O)CCC2=O)c1. The van der Waals surface area contributed by atoms with Gasteiger partial charge in [0.25, 0.3) is 0 Å². The molecule has 0 fully saturated rings. The number of carbonyl (C=O) groups excluding carboxylic acids is 1. The van der Waals surface area contributed by atoms with Crippen LogP contribution in [0.2, 0.25) is 0 Å². The summed E-state index contributed by atoms with van der Waals surface area (Å²) in [5.41, 5.74) is 0.981. The Labute approximate surface area is 99.2 Å². The monoisotopic (exact) mass is 234 g/mol. The third kappa shape index (κ3) is 2.25. The second kappa shape index (κ2) is 4.49. The summed E-state index contributed by atoms with van der Waals surface area (Å²) in [5, 5.41) is 19.3.